The molecule has 1 atom stereocenters. The van der Waals surface area contributed by atoms with Crippen LogP contribution in [0.2, 0.25) is 0 Å². The van der Waals surface area contributed by atoms with E-state index in [2.05, 4.69) is 17.4 Å². The average Bonchev–Trinajstić information content (AvgIpc) is 2.77. The van der Waals surface area contributed by atoms with Crippen molar-refractivity contribution in [1.82, 2.24) is 5.32 Å². The number of aryl methyl sites for hydroxylation is 2. The van der Waals surface area contributed by atoms with Crippen LogP contribution in [0.5, 0.6) is 5.75 Å². The molecule has 0 heterocycles. The molecule has 28 heavy (non-hydrogen) atoms. The fraction of sp³-hybridized carbons (Fsp3) is 0.240. The van der Waals surface area contributed by atoms with Gasteiger partial charge in [-0.15, -0.1) is 0 Å². The van der Waals surface area contributed by atoms with Gasteiger partial charge < -0.3 is 10.1 Å². The van der Waals surface area contributed by atoms with Crippen LogP contribution < -0.4 is 10.1 Å². The molecule has 0 aliphatic heterocycles. The third-order valence-corrected chi connectivity index (χ3v) is 5.47. The Morgan fingerprint density at radius 1 is 0.857 bits per heavy atom. The molecule has 0 radical (unpaired) electrons. The van der Waals surface area contributed by atoms with Crippen LogP contribution in [0.4, 0.5) is 0 Å². The van der Waals surface area contributed by atoms with Gasteiger partial charge >= 0.3 is 0 Å². The van der Waals surface area contributed by atoms with Crippen LogP contribution in [0, 0.1) is 0 Å². The number of ether oxygens (including phenoxy) is 1. The molecule has 1 N–H and O–H groups in total. The minimum atomic E-state index is -0.212. The first-order valence-corrected chi connectivity index (χ1v) is 9.86. The molecule has 0 bridgehead atoms. The Labute approximate surface area is 166 Å². The Morgan fingerprint density at radius 3 is 2.25 bits per heavy atom. The summed E-state index contributed by atoms with van der Waals surface area (Å²) >= 11 is 0. The third-order valence-electron chi connectivity index (χ3n) is 5.47. The first-order chi connectivity index (χ1) is 13.7. The molecule has 0 aromatic heterocycles. The van der Waals surface area contributed by atoms with Crippen molar-refractivity contribution in [1.29, 1.82) is 0 Å². The second-order valence-corrected chi connectivity index (χ2v) is 7.28. The van der Waals surface area contributed by atoms with E-state index in [1.807, 2.05) is 60.7 Å². The molecule has 4 rings (SSSR count). The van der Waals surface area contributed by atoms with Crippen LogP contribution in [0.25, 0.3) is 0 Å². The van der Waals surface area contributed by atoms with Crippen LogP contribution in [0.1, 0.15) is 51.5 Å². The van der Waals surface area contributed by atoms with Gasteiger partial charge in [0.05, 0.1) is 13.2 Å². The zero-order chi connectivity index (χ0) is 19.3. The Hall–Kier alpha value is -3.07. The summed E-state index contributed by atoms with van der Waals surface area (Å²) in [6, 6.07) is 23.9. The number of hydrogen-bond acceptors (Lipinski definition) is 2. The van der Waals surface area contributed by atoms with Crippen molar-refractivity contribution in [2.75, 3.05) is 7.11 Å². The van der Waals surface area contributed by atoms with Crippen LogP contribution in [-0.2, 0) is 12.8 Å². The number of rotatable bonds is 5. The summed E-state index contributed by atoms with van der Waals surface area (Å²) in [5.41, 5.74) is 5.52. The molecule has 0 spiro atoms. The number of benzene rings is 3. The quantitative estimate of drug-likeness (QED) is 0.678. The maximum absolute atomic E-state index is 13.1. The van der Waals surface area contributed by atoms with Gasteiger partial charge in [-0.1, -0.05) is 48.5 Å². The van der Waals surface area contributed by atoms with Gasteiger partial charge in [0.15, 0.2) is 0 Å². The first-order valence-electron chi connectivity index (χ1n) is 9.86. The molecule has 1 aliphatic rings. The number of fused-ring (bicyclic) bond motifs is 1. The van der Waals surface area contributed by atoms with Crippen molar-refractivity contribution in [3.05, 3.63) is 101 Å². The molecule has 142 valence electrons. The van der Waals surface area contributed by atoms with Gasteiger partial charge in [0.25, 0.3) is 5.91 Å². The van der Waals surface area contributed by atoms with Crippen LogP contribution in [0.3, 0.4) is 0 Å². The summed E-state index contributed by atoms with van der Waals surface area (Å²) in [5.74, 6) is 0.759. The van der Waals surface area contributed by atoms with Gasteiger partial charge in [-0.25, -0.2) is 0 Å². The number of methoxy groups -OCH3 is 1. The normalized spacial score (nSPS) is 14.0. The average molecular weight is 371 g/mol. The van der Waals surface area contributed by atoms with E-state index in [4.69, 9.17) is 4.74 Å². The SMILES string of the molecule is COc1ccc([C@H](NC(=O)c2ccc3c(c2)CCCC3)c2ccccc2)cc1. The highest BCUT2D eigenvalue weighted by molar-refractivity contribution is 5.95. The van der Waals surface area contributed by atoms with Crippen molar-refractivity contribution in [3.63, 3.8) is 0 Å². The first kappa shape index (κ1) is 18.3. The monoisotopic (exact) mass is 371 g/mol. The van der Waals surface area contributed by atoms with E-state index >= 15 is 0 Å². The molecule has 3 aromatic rings. The Bertz CT molecular complexity index is 948. The van der Waals surface area contributed by atoms with E-state index < -0.39 is 0 Å². The minimum Gasteiger partial charge on any atom is -0.497 e. The molecule has 0 saturated heterocycles. The smallest absolute Gasteiger partial charge is 0.252 e. The molecule has 1 amide bonds. The zero-order valence-corrected chi connectivity index (χ0v) is 16.2. The Balaban J connectivity index is 1.62. The summed E-state index contributed by atoms with van der Waals surface area (Å²) in [7, 11) is 1.65. The van der Waals surface area contributed by atoms with Gasteiger partial charge in [0.2, 0.25) is 0 Å². The summed E-state index contributed by atoms with van der Waals surface area (Å²) in [6.45, 7) is 0. The lowest BCUT2D eigenvalue weighted by Gasteiger charge is -2.21. The molecule has 3 heteroatoms. The summed E-state index contributed by atoms with van der Waals surface area (Å²) in [4.78, 5) is 13.1. The van der Waals surface area contributed by atoms with Crippen LogP contribution in [0.15, 0.2) is 72.8 Å². The maximum atomic E-state index is 13.1. The number of carbonyl (C=O) groups excluding carboxylic acids is 1. The molecule has 0 saturated carbocycles. The second-order valence-electron chi connectivity index (χ2n) is 7.28. The molecule has 0 fully saturated rings. The molecule has 3 aromatic carbocycles. The Kier molecular flexibility index (Phi) is 5.43. The second kappa shape index (κ2) is 8.30. The highest BCUT2D eigenvalue weighted by Gasteiger charge is 2.19. The van der Waals surface area contributed by atoms with Gasteiger partial charge in [-0.05, 0) is 72.2 Å². The molecule has 0 unspecified atom stereocenters. The summed E-state index contributed by atoms with van der Waals surface area (Å²) in [5, 5.41) is 3.23. The Morgan fingerprint density at radius 2 is 1.54 bits per heavy atom. The number of hydrogen-bond donors (Lipinski definition) is 1. The predicted molar refractivity (Wildman–Crippen MR) is 112 cm³/mol. The highest BCUT2D eigenvalue weighted by Crippen LogP contribution is 2.26. The van der Waals surface area contributed by atoms with E-state index in [9.17, 15) is 4.79 Å². The summed E-state index contributed by atoms with van der Waals surface area (Å²) in [6.07, 6.45) is 4.63. The minimum absolute atomic E-state index is 0.0435. The number of nitrogens with one attached hydrogen (secondary N) is 1. The number of amides is 1. The van der Waals surface area contributed by atoms with Crippen molar-refractivity contribution in [2.45, 2.75) is 31.7 Å². The molecular formula is C25H25NO2. The molecule has 3 nitrogen and oxygen atoms in total. The lowest BCUT2D eigenvalue weighted by Crippen LogP contribution is -2.29. The van der Waals surface area contributed by atoms with E-state index in [-0.39, 0.29) is 11.9 Å². The van der Waals surface area contributed by atoms with Crippen molar-refractivity contribution in [3.8, 4) is 5.75 Å². The van der Waals surface area contributed by atoms with Crippen molar-refractivity contribution in [2.24, 2.45) is 0 Å². The van der Waals surface area contributed by atoms with Crippen LogP contribution >= 0.6 is 0 Å². The zero-order valence-electron chi connectivity index (χ0n) is 16.2. The fourth-order valence-electron chi connectivity index (χ4n) is 3.89. The topological polar surface area (TPSA) is 38.3 Å². The lowest BCUT2D eigenvalue weighted by molar-refractivity contribution is 0.0943. The van der Waals surface area contributed by atoms with Gasteiger partial charge in [0.1, 0.15) is 5.75 Å². The van der Waals surface area contributed by atoms with E-state index in [0.29, 0.717) is 0 Å². The van der Waals surface area contributed by atoms with E-state index in [0.717, 1.165) is 35.3 Å². The largest absolute Gasteiger partial charge is 0.497 e. The van der Waals surface area contributed by atoms with E-state index in [1.54, 1.807) is 7.11 Å². The highest BCUT2D eigenvalue weighted by atomic mass is 16.5. The summed E-state index contributed by atoms with van der Waals surface area (Å²) < 4.78 is 5.27. The molecule has 1 aliphatic carbocycles. The predicted octanol–water partition coefficient (Wildman–Crippen LogP) is 5.09. The lowest BCUT2D eigenvalue weighted by atomic mass is 9.90. The van der Waals surface area contributed by atoms with Gasteiger partial charge in [0, 0.05) is 5.56 Å². The number of carbonyl (C=O) groups is 1. The fourth-order valence-corrected chi connectivity index (χ4v) is 3.89. The third kappa shape index (κ3) is 3.94. The van der Waals surface area contributed by atoms with Crippen LogP contribution in [-0.4, -0.2) is 13.0 Å². The van der Waals surface area contributed by atoms with Crippen molar-refractivity contribution < 1.29 is 9.53 Å². The standard InChI is InChI=1S/C25H25NO2/c1-28-23-15-13-20(14-16-23)24(19-8-3-2-4-9-19)26-25(27)22-12-11-18-7-5-6-10-21(18)17-22/h2-4,8-9,11-17,24H,5-7,10H2,1H3,(H,26,27)/t24-/m1/s1. The van der Waals surface area contributed by atoms with Crippen molar-refractivity contribution >= 4 is 5.91 Å². The van der Waals surface area contributed by atoms with Gasteiger partial charge in [-0.2, -0.15) is 0 Å². The van der Waals surface area contributed by atoms with E-state index in [1.165, 1.54) is 24.0 Å². The van der Waals surface area contributed by atoms with Gasteiger partial charge in [-0.3, -0.25) is 4.79 Å². The maximum Gasteiger partial charge on any atom is 0.252 e. The molecular weight excluding hydrogens is 346 g/mol.